The Labute approximate surface area is 138 Å². The zero-order valence-corrected chi connectivity index (χ0v) is 13.9. The molecule has 0 fully saturated rings. The van der Waals surface area contributed by atoms with Crippen LogP contribution < -0.4 is 4.90 Å². The van der Waals surface area contributed by atoms with Crippen LogP contribution in [0.3, 0.4) is 0 Å². The van der Waals surface area contributed by atoms with Crippen LogP contribution in [0.4, 0.5) is 5.69 Å². The summed E-state index contributed by atoms with van der Waals surface area (Å²) in [6, 6.07) is 19.5. The summed E-state index contributed by atoms with van der Waals surface area (Å²) in [6.07, 6.45) is 1.80. The van der Waals surface area contributed by atoms with E-state index >= 15 is 0 Å². The van der Waals surface area contributed by atoms with Crippen molar-refractivity contribution < 1.29 is 9.53 Å². The fraction of sp³-hybridized carbons (Fsp3) is 0.250. The lowest BCUT2D eigenvalue weighted by Gasteiger charge is -2.44. The molecule has 0 N–H and O–H groups in total. The van der Waals surface area contributed by atoms with Crippen LogP contribution in [0, 0.1) is 5.92 Å². The van der Waals surface area contributed by atoms with Gasteiger partial charge in [0, 0.05) is 18.7 Å². The highest BCUT2D eigenvalue weighted by Gasteiger charge is 2.49. The van der Waals surface area contributed by atoms with Gasteiger partial charge in [-0.3, -0.25) is 0 Å². The van der Waals surface area contributed by atoms with Crippen LogP contribution in [-0.4, -0.2) is 20.1 Å². The Morgan fingerprint density at radius 3 is 2.13 bits per heavy atom. The zero-order valence-electron chi connectivity index (χ0n) is 13.9. The van der Waals surface area contributed by atoms with E-state index in [4.69, 9.17) is 4.74 Å². The monoisotopic (exact) mass is 309 g/mol. The Balaban J connectivity index is 2.71. The molecule has 3 heteroatoms. The maximum absolute atomic E-state index is 12.9. The number of ether oxygens (including phenoxy) is 1. The molecule has 0 radical (unpaired) electrons. The van der Waals surface area contributed by atoms with Crippen LogP contribution in [0.2, 0.25) is 0 Å². The Bertz CT molecular complexity index is 654. The van der Waals surface area contributed by atoms with Gasteiger partial charge in [0.2, 0.25) is 0 Å². The molecule has 120 valence electrons. The van der Waals surface area contributed by atoms with E-state index in [-0.39, 0.29) is 11.9 Å². The minimum atomic E-state index is -0.973. The van der Waals surface area contributed by atoms with Crippen molar-refractivity contribution in [2.24, 2.45) is 5.92 Å². The molecule has 0 saturated carbocycles. The molecular weight excluding hydrogens is 286 g/mol. The van der Waals surface area contributed by atoms with Crippen molar-refractivity contribution in [2.45, 2.75) is 12.5 Å². The highest BCUT2D eigenvalue weighted by molar-refractivity contribution is 5.87. The number of benzene rings is 2. The van der Waals surface area contributed by atoms with E-state index in [0.29, 0.717) is 0 Å². The van der Waals surface area contributed by atoms with Crippen LogP contribution in [-0.2, 0) is 15.1 Å². The van der Waals surface area contributed by atoms with Crippen molar-refractivity contribution in [2.75, 3.05) is 19.1 Å². The van der Waals surface area contributed by atoms with Gasteiger partial charge < -0.3 is 9.64 Å². The molecule has 2 unspecified atom stereocenters. The molecule has 0 saturated heterocycles. The summed E-state index contributed by atoms with van der Waals surface area (Å²) >= 11 is 0. The summed E-state index contributed by atoms with van der Waals surface area (Å²) in [6.45, 7) is 5.89. The number of para-hydroxylation sites is 1. The summed E-state index contributed by atoms with van der Waals surface area (Å²) in [7, 11) is 3.34. The number of esters is 1. The lowest BCUT2D eigenvalue weighted by molar-refractivity contribution is -0.149. The van der Waals surface area contributed by atoms with E-state index in [9.17, 15) is 4.79 Å². The number of anilines is 1. The standard InChI is InChI=1S/C20H23NO2/c1-5-16(2)20(19(22)23-4,17-12-8-6-9-13-17)21(3)18-14-10-7-11-15-18/h5-16H,1H2,2-4H3. The van der Waals surface area contributed by atoms with Gasteiger partial charge in [0.05, 0.1) is 7.11 Å². The molecule has 2 atom stereocenters. The lowest BCUT2D eigenvalue weighted by Crippen LogP contribution is -2.55. The van der Waals surface area contributed by atoms with Crippen LogP contribution in [0.25, 0.3) is 0 Å². The summed E-state index contributed by atoms with van der Waals surface area (Å²) in [5.74, 6) is -0.454. The first-order valence-electron chi connectivity index (χ1n) is 7.64. The topological polar surface area (TPSA) is 29.5 Å². The first-order valence-corrected chi connectivity index (χ1v) is 7.64. The van der Waals surface area contributed by atoms with Gasteiger partial charge in [0.15, 0.2) is 5.54 Å². The van der Waals surface area contributed by atoms with Crippen molar-refractivity contribution >= 4 is 11.7 Å². The van der Waals surface area contributed by atoms with Gasteiger partial charge in [-0.1, -0.05) is 61.5 Å². The number of methoxy groups -OCH3 is 1. The molecule has 0 spiro atoms. The summed E-state index contributed by atoms with van der Waals surface area (Å²) in [5, 5.41) is 0. The molecule has 0 amide bonds. The molecule has 2 aromatic rings. The molecule has 3 nitrogen and oxygen atoms in total. The predicted octanol–water partition coefficient (Wildman–Crippen LogP) is 4.01. The number of hydrogen-bond donors (Lipinski definition) is 0. The maximum atomic E-state index is 12.9. The number of carbonyl (C=O) groups excluding carboxylic acids is 1. The average Bonchev–Trinajstić information content (AvgIpc) is 2.63. The van der Waals surface area contributed by atoms with E-state index in [1.165, 1.54) is 7.11 Å². The summed E-state index contributed by atoms with van der Waals surface area (Å²) < 4.78 is 5.21. The van der Waals surface area contributed by atoms with Gasteiger partial charge in [-0.15, -0.1) is 6.58 Å². The smallest absolute Gasteiger partial charge is 0.337 e. The molecule has 0 aliphatic heterocycles. The predicted molar refractivity (Wildman–Crippen MR) is 94.3 cm³/mol. The second kappa shape index (κ2) is 7.14. The minimum absolute atomic E-state index is 0.150. The number of likely N-dealkylation sites (N-methyl/N-ethyl adjacent to an activating group) is 1. The quantitative estimate of drug-likeness (QED) is 0.596. The van der Waals surface area contributed by atoms with Gasteiger partial charge >= 0.3 is 5.97 Å². The van der Waals surface area contributed by atoms with Gasteiger partial charge in [-0.05, 0) is 17.7 Å². The van der Waals surface area contributed by atoms with E-state index in [2.05, 4.69) is 6.58 Å². The molecule has 0 aliphatic rings. The van der Waals surface area contributed by atoms with E-state index < -0.39 is 5.54 Å². The van der Waals surface area contributed by atoms with E-state index in [1.807, 2.05) is 79.5 Å². The van der Waals surface area contributed by atoms with Crippen LogP contribution >= 0.6 is 0 Å². The highest BCUT2D eigenvalue weighted by Crippen LogP contribution is 2.40. The fourth-order valence-corrected chi connectivity index (χ4v) is 3.08. The van der Waals surface area contributed by atoms with Crippen LogP contribution in [0.5, 0.6) is 0 Å². The van der Waals surface area contributed by atoms with E-state index in [1.54, 1.807) is 6.08 Å². The maximum Gasteiger partial charge on any atom is 0.337 e. The third-order valence-electron chi connectivity index (χ3n) is 4.40. The van der Waals surface area contributed by atoms with Gasteiger partial charge in [0.25, 0.3) is 0 Å². The summed E-state index contributed by atoms with van der Waals surface area (Å²) in [4.78, 5) is 14.9. The molecule has 23 heavy (non-hydrogen) atoms. The number of rotatable bonds is 6. The molecule has 0 aliphatic carbocycles. The van der Waals surface area contributed by atoms with E-state index in [0.717, 1.165) is 11.3 Å². The van der Waals surface area contributed by atoms with Gasteiger partial charge in [-0.2, -0.15) is 0 Å². The van der Waals surface area contributed by atoms with Crippen molar-refractivity contribution in [3.8, 4) is 0 Å². The second-order valence-electron chi connectivity index (χ2n) is 5.54. The molecule has 0 aromatic heterocycles. The SMILES string of the molecule is C=CC(C)C(C(=O)OC)(c1ccccc1)N(C)c1ccccc1. The average molecular weight is 309 g/mol. The van der Waals surface area contributed by atoms with Crippen molar-refractivity contribution in [1.82, 2.24) is 0 Å². The largest absolute Gasteiger partial charge is 0.467 e. The Hall–Kier alpha value is -2.55. The number of nitrogens with zero attached hydrogens (tertiary/aromatic N) is 1. The minimum Gasteiger partial charge on any atom is -0.467 e. The molecule has 2 rings (SSSR count). The van der Waals surface area contributed by atoms with Crippen LogP contribution in [0.15, 0.2) is 73.3 Å². The highest BCUT2D eigenvalue weighted by atomic mass is 16.5. The Morgan fingerprint density at radius 2 is 1.65 bits per heavy atom. The number of carbonyl (C=O) groups is 1. The van der Waals surface area contributed by atoms with Crippen molar-refractivity contribution in [3.05, 3.63) is 78.9 Å². The zero-order chi connectivity index (χ0) is 16.9. The third kappa shape index (κ3) is 2.87. The normalized spacial score (nSPS) is 14.4. The van der Waals surface area contributed by atoms with Crippen molar-refractivity contribution in [3.63, 3.8) is 0 Å². The fourth-order valence-electron chi connectivity index (χ4n) is 3.08. The molecule has 0 heterocycles. The third-order valence-corrected chi connectivity index (χ3v) is 4.40. The lowest BCUT2D eigenvalue weighted by atomic mass is 9.77. The Morgan fingerprint density at radius 1 is 1.13 bits per heavy atom. The number of hydrogen-bond acceptors (Lipinski definition) is 3. The Kier molecular flexibility index (Phi) is 5.22. The van der Waals surface area contributed by atoms with Gasteiger partial charge in [-0.25, -0.2) is 4.79 Å². The molecule has 2 aromatic carbocycles. The van der Waals surface area contributed by atoms with Gasteiger partial charge in [0.1, 0.15) is 0 Å². The first kappa shape index (κ1) is 16.8. The van der Waals surface area contributed by atoms with Crippen molar-refractivity contribution in [1.29, 1.82) is 0 Å². The second-order valence-corrected chi connectivity index (χ2v) is 5.54. The molecule has 0 bridgehead atoms. The molecular formula is C20H23NO2. The first-order chi connectivity index (χ1) is 11.1. The summed E-state index contributed by atoms with van der Waals surface area (Å²) in [5.41, 5.74) is 0.847. The van der Waals surface area contributed by atoms with Crippen LogP contribution in [0.1, 0.15) is 12.5 Å².